The van der Waals surface area contributed by atoms with Gasteiger partial charge in [-0.2, -0.15) is 0 Å². The molecule has 1 N–H and O–H groups in total. The standard InChI is InChI=1S/C13H16O2/c14-13-7-6-12(8-13)10-15-9-11-4-2-1-3-5-11/h1-7,12-14H,8-10H2/t12-,13+/m1/s1. The van der Waals surface area contributed by atoms with E-state index >= 15 is 0 Å². The fourth-order valence-electron chi connectivity index (χ4n) is 1.78. The van der Waals surface area contributed by atoms with E-state index in [9.17, 15) is 5.11 Å². The van der Waals surface area contributed by atoms with E-state index in [1.807, 2.05) is 30.4 Å². The van der Waals surface area contributed by atoms with Crippen molar-refractivity contribution in [1.29, 1.82) is 0 Å². The topological polar surface area (TPSA) is 29.5 Å². The minimum absolute atomic E-state index is 0.268. The van der Waals surface area contributed by atoms with Crippen LogP contribution in [0.2, 0.25) is 0 Å². The molecular formula is C13H16O2. The zero-order valence-electron chi connectivity index (χ0n) is 8.67. The molecule has 1 aromatic carbocycles. The maximum absolute atomic E-state index is 9.27. The third-order valence-electron chi connectivity index (χ3n) is 2.59. The second kappa shape index (κ2) is 5.10. The highest BCUT2D eigenvalue weighted by molar-refractivity contribution is 5.13. The lowest BCUT2D eigenvalue weighted by atomic mass is 10.1. The molecule has 0 bridgehead atoms. The molecule has 2 rings (SSSR count). The van der Waals surface area contributed by atoms with E-state index in [1.165, 1.54) is 5.56 Å². The first-order valence-electron chi connectivity index (χ1n) is 5.32. The monoisotopic (exact) mass is 204 g/mol. The summed E-state index contributed by atoms with van der Waals surface area (Å²) in [5.74, 6) is 0.378. The van der Waals surface area contributed by atoms with Crippen molar-refractivity contribution in [3.8, 4) is 0 Å². The molecule has 0 radical (unpaired) electrons. The van der Waals surface area contributed by atoms with Crippen LogP contribution in [0.1, 0.15) is 12.0 Å². The number of aliphatic hydroxyl groups excluding tert-OH is 1. The van der Waals surface area contributed by atoms with Gasteiger partial charge in [0, 0.05) is 5.92 Å². The molecule has 0 heterocycles. The van der Waals surface area contributed by atoms with Crippen LogP contribution in [0, 0.1) is 5.92 Å². The van der Waals surface area contributed by atoms with E-state index in [0.717, 1.165) is 6.42 Å². The number of benzene rings is 1. The Bertz CT molecular complexity index is 319. The van der Waals surface area contributed by atoms with Crippen molar-refractivity contribution in [3.63, 3.8) is 0 Å². The maximum Gasteiger partial charge on any atom is 0.0727 e. The van der Waals surface area contributed by atoms with E-state index in [4.69, 9.17) is 4.74 Å². The van der Waals surface area contributed by atoms with Gasteiger partial charge in [-0.15, -0.1) is 0 Å². The van der Waals surface area contributed by atoms with Gasteiger partial charge in [-0.05, 0) is 12.0 Å². The van der Waals surface area contributed by atoms with Crippen LogP contribution in [0.5, 0.6) is 0 Å². The molecular weight excluding hydrogens is 188 g/mol. The lowest BCUT2D eigenvalue weighted by Crippen LogP contribution is -2.08. The molecule has 1 aromatic rings. The molecule has 1 aliphatic rings. The smallest absolute Gasteiger partial charge is 0.0727 e. The van der Waals surface area contributed by atoms with Gasteiger partial charge in [0.15, 0.2) is 0 Å². The molecule has 80 valence electrons. The zero-order valence-corrected chi connectivity index (χ0v) is 8.67. The molecule has 15 heavy (non-hydrogen) atoms. The van der Waals surface area contributed by atoms with Crippen molar-refractivity contribution in [1.82, 2.24) is 0 Å². The lowest BCUT2D eigenvalue weighted by Gasteiger charge is -2.09. The summed E-state index contributed by atoms with van der Waals surface area (Å²) in [5, 5.41) is 9.27. The molecule has 0 saturated heterocycles. The molecule has 0 spiro atoms. The van der Waals surface area contributed by atoms with E-state index in [1.54, 1.807) is 0 Å². The molecule has 0 fully saturated rings. The largest absolute Gasteiger partial charge is 0.389 e. The van der Waals surface area contributed by atoms with Crippen LogP contribution in [0.3, 0.4) is 0 Å². The molecule has 0 aliphatic heterocycles. The Balaban J connectivity index is 1.70. The van der Waals surface area contributed by atoms with Gasteiger partial charge in [-0.25, -0.2) is 0 Å². The first-order chi connectivity index (χ1) is 7.34. The van der Waals surface area contributed by atoms with Gasteiger partial charge in [-0.3, -0.25) is 0 Å². The molecule has 0 aromatic heterocycles. The van der Waals surface area contributed by atoms with Crippen molar-refractivity contribution in [3.05, 3.63) is 48.0 Å². The van der Waals surface area contributed by atoms with Crippen LogP contribution in [-0.4, -0.2) is 17.8 Å². The summed E-state index contributed by atoms with van der Waals surface area (Å²) < 4.78 is 5.59. The third-order valence-corrected chi connectivity index (χ3v) is 2.59. The van der Waals surface area contributed by atoms with Gasteiger partial charge in [-0.1, -0.05) is 42.5 Å². The van der Waals surface area contributed by atoms with E-state index in [2.05, 4.69) is 12.1 Å². The maximum atomic E-state index is 9.27. The Morgan fingerprint density at radius 1 is 1.20 bits per heavy atom. The quantitative estimate of drug-likeness (QED) is 0.761. The minimum atomic E-state index is -0.268. The Hall–Kier alpha value is -1.12. The summed E-state index contributed by atoms with van der Waals surface area (Å²) in [7, 11) is 0. The number of rotatable bonds is 4. The second-order valence-electron chi connectivity index (χ2n) is 3.95. The summed E-state index contributed by atoms with van der Waals surface area (Å²) in [4.78, 5) is 0. The highest BCUT2D eigenvalue weighted by Gasteiger charge is 2.16. The number of ether oxygens (including phenoxy) is 1. The number of hydrogen-bond acceptors (Lipinski definition) is 2. The van der Waals surface area contributed by atoms with Gasteiger partial charge < -0.3 is 9.84 Å². The van der Waals surface area contributed by atoms with Gasteiger partial charge in [0.05, 0.1) is 19.3 Å². The Morgan fingerprint density at radius 3 is 2.67 bits per heavy atom. The van der Waals surface area contributed by atoms with Crippen LogP contribution in [0.15, 0.2) is 42.5 Å². The Kier molecular flexibility index (Phi) is 3.54. The minimum Gasteiger partial charge on any atom is -0.389 e. The molecule has 2 nitrogen and oxygen atoms in total. The number of aliphatic hydroxyl groups is 1. The van der Waals surface area contributed by atoms with Gasteiger partial charge >= 0.3 is 0 Å². The highest BCUT2D eigenvalue weighted by atomic mass is 16.5. The molecule has 0 unspecified atom stereocenters. The summed E-state index contributed by atoms with van der Waals surface area (Å²) in [6.07, 6.45) is 4.41. The van der Waals surface area contributed by atoms with E-state index in [0.29, 0.717) is 19.1 Å². The average Bonchev–Trinajstić information content (AvgIpc) is 2.66. The lowest BCUT2D eigenvalue weighted by molar-refractivity contribution is 0.0892. The summed E-state index contributed by atoms with van der Waals surface area (Å²) in [6.45, 7) is 1.35. The van der Waals surface area contributed by atoms with E-state index < -0.39 is 0 Å². The molecule has 2 atom stereocenters. The first kappa shape index (κ1) is 10.4. The first-order valence-corrected chi connectivity index (χ1v) is 5.32. The molecule has 1 aliphatic carbocycles. The fraction of sp³-hybridized carbons (Fsp3) is 0.385. The Labute approximate surface area is 90.2 Å². The molecule has 0 saturated carbocycles. The van der Waals surface area contributed by atoms with Crippen molar-refractivity contribution in [2.75, 3.05) is 6.61 Å². The van der Waals surface area contributed by atoms with Crippen molar-refractivity contribution in [2.45, 2.75) is 19.1 Å². The van der Waals surface area contributed by atoms with Crippen LogP contribution in [0.25, 0.3) is 0 Å². The van der Waals surface area contributed by atoms with Crippen molar-refractivity contribution in [2.24, 2.45) is 5.92 Å². The van der Waals surface area contributed by atoms with Gasteiger partial charge in [0.1, 0.15) is 0 Å². The average molecular weight is 204 g/mol. The van der Waals surface area contributed by atoms with Crippen LogP contribution >= 0.6 is 0 Å². The second-order valence-corrected chi connectivity index (χ2v) is 3.95. The van der Waals surface area contributed by atoms with Gasteiger partial charge in [0.2, 0.25) is 0 Å². The van der Waals surface area contributed by atoms with Gasteiger partial charge in [0.25, 0.3) is 0 Å². The van der Waals surface area contributed by atoms with Crippen LogP contribution in [-0.2, 0) is 11.3 Å². The summed E-state index contributed by atoms with van der Waals surface area (Å²) in [6, 6.07) is 10.1. The van der Waals surface area contributed by atoms with Crippen molar-refractivity contribution < 1.29 is 9.84 Å². The Morgan fingerprint density at radius 2 is 2.00 bits per heavy atom. The molecule has 2 heteroatoms. The normalized spacial score (nSPS) is 24.6. The SMILES string of the molecule is O[C@H]1C=C[C@@H](COCc2ccccc2)C1. The van der Waals surface area contributed by atoms with Crippen LogP contribution < -0.4 is 0 Å². The zero-order chi connectivity index (χ0) is 10.5. The van der Waals surface area contributed by atoms with E-state index in [-0.39, 0.29) is 6.10 Å². The van der Waals surface area contributed by atoms with Crippen molar-refractivity contribution >= 4 is 0 Å². The predicted molar refractivity (Wildman–Crippen MR) is 59.4 cm³/mol. The predicted octanol–water partition coefficient (Wildman–Crippen LogP) is 2.14. The van der Waals surface area contributed by atoms with Crippen LogP contribution in [0.4, 0.5) is 0 Å². The summed E-state index contributed by atoms with van der Waals surface area (Å²) in [5.41, 5.74) is 1.19. The fourth-order valence-corrected chi connectivity index (χ4v) is 1.78. The summed E-state index contributed by atoms with van der Waals surface area (Å²) >= 11 is 0. The molecule has 0 amide bonds. The highest BCUT2D eigenvalue weighted by Crippen LogP contribution is 2.18. The third kappa shape index (κ3) is 3.18. The number of hydrogen-bond donors (Lipinski definition) is 1.